The van der Waals surface area contributed by atoms with Crippen molar-refractivity contribution < 1.29 is 27.1 Å². The summed E-state index contributed by atoms with van der Waals surface area (Å²) < 4.78 is 39.4. The molecule has 0 bridgehead atoms. The van der Waals surface area contributed by atoms with Gasteiger partial charge in [-0.2, -0.15) is 0 Å². The van der Waals surface area contributed by atoms with E-state index in [2.05, 4.69) is 0 Å². The molecule has 0 radical (unpaired) electrons. The molecule has 1 aliphatic heterocycles. The molecule has 1 atom stereocenters. The van der Waals surface area contributed by atoms with Crippen LogP contribution in [-0.4, -0.2) is 58.0 Å². The summed E-state index contributed by atoms with van der Waals surface area (Å²) in [6, 6.07) is 2.90. The van der Waals surface area contributed by atoms with E-state index in [-0.39, 0.29) is 35.4 Å². The number of amides is 1. The van der Waals surface area contributed by atoms with Crippen molar-refractivity contribution >= 4 is 26.7 Å². The molecule has 152 valence electrons. The van der Waals surface area contributed by atoms with Crippen LogP contribution in [-0.2, 0) is 21.1 Å². The molecular weight excluding hydrogens is 386 g/mol. The number of methoxy groups -OCH3 is 2. The third kappa shape index (κ3) is 3.71. The number of hydrogen-bond donors (Lipinski definition) is 0. The maximum atomic E-state index is 12.7. The van der Waals surface area contributed by atoms with Gasteiger partial charge >= 0.3 is 5.63 Å². The third-order valence-electron chi connectivity index (χ3n) is 5.25. The van der Waals surface area contributed by atoms with Crippen LogP contribution in [0.25, 0.3) is 11.0 Å². The van der Waals surface area contributed by atoms with E-state index < -0.39 is 15.5 Å². The van der Waals surface area contributed by atoms with E-state index in [1.165, 1.54) is 19.1 Å². The predicted molar refractivity (Wildman–Crippen MR) is 104 cm³/mol. The number of carbonyl (C=O) groups is 1. The Bertz CT molecular complexity index is 1090. The van der Waals surface area contributed by atoms with Gasteiger partial charge in [-0.05, 0) is 18.9 Å². The Morgan fingerprint density at radius 3 is 2.57 bits per heavy atom. The van der Waals surface area contributed by atoms with E-state index >= 15 is 0 Å². The van der Waals surface area contributed by atoms with E-state index in [9.17, 15) is 18.0 Å². The minimum absolute atomic E-state index is 0.0475. The van der Waals surface area contributed by atoms with Crippen molar-refractivity contribution in [2.75, 3.05) is 32.8 Å². The number of carbonyl (C=O) groups excluding carboxylic acids is 1. The zero-order valence-electron chi connectivity index (χ0n) is 16.3. The van der Waals surface area contributed by atoms with Gasteiger partial charge in [0.2, 0.25) is 5.91 Å². The minimum Gasteiger partial charge on any atom is -0.496 e. The van der Waals surface area contributed by atoms with Crippen molar-refractivity contribution in [3.63, 3.8) is 0 Å². The molecule has 1 fully saturated rings. The molecule has 0 saturated carbocycles. The Kier molecular flexibility index (Phi) is 5.38. The number of likely N-dealkylation sites (N-methyl/N-ethyl adjacent to an activating group) is 1. The summed E-state index contributed by atoms with van der Waals surface area (Å²) >= 11 is 0. The first-order valence-electron chi connectivity index (χ1n) is 8.81. The Morgan fingerprint density at radius 1 is 1.29 bits per heavy atom. The Balaban J connectivity index is 1.97. The molecule has 0 N–H and O–H groups in total. The first-order chi connectivity index (χ1) is 13.2. The number of rotatable bonds is 5. The van der Waals surface area contributed by atoms with Gasteiger partial charge < -0.3 is 18.8 Å². The van der Waals surface area contributed by atoms with E-state index in [0.717, 1.165) is 0 Å². The van der Waals surface area contributed by atoms with Crippen LogP contribution in [0.3, 0.4) is 0 Å². The highest BCUT2D eigenvalue weighted by molar-refractivity contribution is 7.91. The molecular formula is C19H23NO7S. The summed E-state index contributed by atoms with van der Waals surface area (Å²) in [5, 5.41) is 0.594. The van der Waals surface area contributed by atoms with Gasteiger partial charge in [-0.25, -0.2) is 13.2 Å². The molecule has 9 heteroatoms. The lowest BCUT2D eigenvalue weighted by Crippen LogP contribution is -2.39. The van der Waals surface area contributed by atoms with Crippen LogP contribution in [0, 0.1) is 6.92 Å². The highest BCUT2D eigenvalue weighted by atomic mass is 32.2. The molecule has 1 saturated heterocycles. The van der Waals surface area contributed by atoms with Crippen molar-refractivity contribution in [3.8, 4) is 11.5 Å². The first-order valence-corrected chi connectivity index (χ1v) is 10.6. The third-order valence-corrected chi connectivity index (χ3v) is 7.00. The van der Waals surface area contributed by atoms with Crippen molar-refractivity contribution in [2.24, 2.45) is 0 Å². The van der Waals surface area contributed by atoms with Crippen LogP contribution in [0.15, 0.2) is 21.3 Å². The molecule has 3 rings (SSSR count). The minimum atomic E-state index is -3.11. The van der Waals surface area contributed by atoms with Crippen LogP contribution in [0.4, 0.5) is 0 Å². The summed E-state index contributed by atoms with van der Waals surface area (Å²) in [5.74, 6) is 0.654. The van der Waals surface area contributed by atoms with Crippen molar-refractivity contribution in [3.05, 3.63) is 33.7 Å². The van der Waals surface area contributed by atoms with Gasteiger partial charge in [0, 0.05) is 25.2 Å². The van der Waals surface area contributed by atoms with E-state index in [4.69, 9.17) is 13.9 Å². The summed E-state index contributed by atoms with van der Waals surface area (Å²) in [6.07, 6.45) is 0.232. The SMILES string of the molecule is COc1cc(OC)c2c(C)c(CC(=O)N(C)C3CCS(=O)(=O)C3)c(=O)oc2c1. The lowest BCUT2D eigenvalue weighted by molar-refractivity contribution is -0.130. The maximum absolute atomic E-state index is 12.7. The van der Waals surface area contributed by atoms with Gasteiger partial charge in [-0.15, -0.1) is 0 Å². The van der Waals surface area contributed by atoms with Crippen LogP contribution in [0.5, 0.6) is 11.5 Å². The molecule has 28 heavy (non-hydrogen) atoms. The fourth-order valence-electron chi connectivity index (χ4n) is 3.53. The van der Waals surface area contributed by atoms with Crippen molar-refractivity contribution in [1.82, 2.24) is 4.90 Å². The van der Waals surface area contributed by atoms with Crippen molar-refractivity contribution in [2.45, 2.75) is 25.8 Å². The Hall–Kier alpha value is -2.55. The highest BCUT2D eigenvalue weighted by Crippen LogP contribution is 2.34. The Morgan fingerprint density at radius 2 is 2.00 bits per heavy atom. The first kappa shape index (κ1) is 20.2. The lowest BCUT2D eigenvalue weighted by atomic mass is 10.0. The molecule has 8 nitrogen and oxygen atoms in total. The van der Waals surface area contributed by atoms with E-state index in [1.807, 2.05) is 0 Å². The van der Waals surface area contributed by atoms with Gasteiger partial charge in [0.1, 0.15) is 17.1 Å². The smallest absolute Gasteiger partial charge is 0.340 e. The zero-order valence-corrected chi connectivity index (χ0v) is 17.1. The van der Waals surface area contributed by atoms with Crippen molar-refractivity contribution in [1.29, 1.82) is 0 Å². The second-order valence-electron chi connectivity index (χ2n) is 6.93. The number of benzene rings is 1. The molecule has 0 aliphatic carbocycles. The average molecular weight is 409 g/mol. The average Bonchev–Trinajstić information content (AvgIpc) is 3.02. The van der Waals surface area contributed by atoms with Crippen LogP contribution in [0.2, 0.25) is 0 Å². The van der Waals surface area contributed by atoms with E-state index in [0.29, 0.717) is 34.5 Å². The number of fused-ring (bicyclic) bond motifs is 1. The standard InChI is InChI=1S/C19H23NO7S/c1-11-14(9-17(21)20(2)12-5-6-28(23,24)10-12)19(22)27-16-8-13(25-3)7-15(26-4)18(11)16/h7-8,12H,5-6,9-10H2,1-4H3. The van der Waals surface area contributed by atoms with Gasteiger partial charge in [0.25, 0.3) is 0 Å². The van der Waals surface area contributed by atoms with Gasteiger partial charge in [-0.1, -0.05) is 0 Å². The topological polar surface area (TPSA) is 103 Å². The summed E-state index contributed by atoms with van der Waals surface area (Å²) in [6.45, 7) is 1.73. The van der Waals surface area contributed by atoms with Gasteiger partial charge in [0.05, 0.1) is 43.1 Å². The molecule has 2 aromatic rings. The predicted octanol–water partition coefficient (Wildman–Crippen LogP) is 1.31. The number of aryl methyl sites for hydroxylation is 1. The summed E-state index contributed by atoms with van der Waals surface area (Å²) in [7, 11) is 1.45. The number of nitrogens with zero attached hydrogens (tertiary/aromatic N) is 1. The molecule has 1 unspecified atom stereocenters. The lowest BCUT2D eigenvalue weighted by Gasteiger charge is -2.23. The second kappa shape index (κ2) is 7.46. The van der Waals surface area contributed by atoms with Gasteiger partial charge in [-0.3, -0.25) is 4.79 Å². The molecule has 0 spiro atoms. The fraction of sp³-hybridized carbons (Fsp3) is 0.474. The summed E-state index contributed by atoms with van der Waals surface area (Å²) in [4.78, 5) is 26.6. The zero-order chi connectivity index (χ0) is 20.6. The van der Waals surface area contributed by atoms with Crippen LogP contribution in [0.1, 0.15) is 17.5 Å². The van der Waals surface area contributed by atoms with E-state index in [1.54, 1.807) is 26.1 Å². The van der Waals surface area contributed by atoms with Crippen LogP contribution >= 0.6 is 0 Å². The molecule has 1 aromatic carbocycles. The molecule has 1 aromatic heterocycles. The Labute approximate surface area is 162 Å². The normalized spacial score (nSPS) is 18.2. The van der Waals surface area contributed by atoms with Gasteiger partial charge in [0.15, 0.2) is 9.84 Å². The quantitative estimate of drug-likeness (QED) is 0.686. The molecule has 1 amide bonds. The van der Waals surface area contributed by atoms with Crippen LogP contribution < -0.4 is 15.1 Å². The maximum Gasteiger partial charge on any atom is 0.340 e. The fourth-order valence-corrected chi connectivity index (χ4v) is 5.30. The number of hydrogen-bond acceptors (Lipinski definition) is 7. The number of sulfone groups is 1. The number of ether oxygens (including phenoxy) is 2. The largest absolute Gasteiger partial charge is 0.496 e. The molecule has 1 aliphatic rings. The molecule has 2 heterocycles. The monoisotopic (exact) mass is 409 g/mol. The summed E-state index contributed by atoms with van der Waals surface area (Å²) in [5.41, 5.74) is 0.520. The second-order valence-corrected chi connectivity index (χ2v) is 9.16. The highest BCUT2D eigenvalue weighted by Gasteiger charge is 2.33.